The minimum atomic E-state index is -0.830. The normalized spacial score (nSPS) is 18.0. The molecule has 3 atom stereocenters. The summed E-state index contributed by atoms with van der Waals surface area (Å²) in [5.41, 5.74) is 3.01. The van der Waals surface area contributed by atoms with Gasteiger partial charge < -0.3 is 20.6 Å². The average molecular weight is 516 g/mol. The number of hydrogen-bond donors (Lipinski definition) is 3. The SMILES string of the molecule is CN1C(=O)C[C@H](c2ccccc2)[C@@H]1[C@H](O)c1ccc(-c2cccc(NC(=O)Nc3ccc(F)cc3)c2)s1. The number of nitrogens with one attached hydrogen (secondary N) is 2. The zero-order valence-corrected chi connectivity index (χ0v) is 20.9. The maximum atomic E-state index is 13.1. The molecule has 1 fully saturated rings. The number of likely N-dealkylation sites (N-methyl/N-ethyl adjacent to an activating group) is 1. The fourth-order valence-electron chi connectivity index (χ4n) is 4.75. The first-order chi connectivity index (χ1) is 17.9. The Balaban J connectivity index is 1.31. The number of anilines is 2. The van der Waals surface area contributed by atoms with Gasteiger partial charge in [-0.25, -0.2) is 9.18 Å². The van der Waals surface area contributed by atoms with Crippen LogP contribution in [-0.4, -0.2) is 35.0 Å². The number of hydrogen-bond acceptors (Lipinski definition) is 4. The highest BCUT2D eigenvalue weighted by molar-refractivity contribution is 7.15. The van der Waals surface area contributed by atoms with E-state index in [9.17, 15) is 19.1 Å². The Kier molecular flexibility index (Phi) is 7.03. The van der Waals surface area contributed by atoms with E-state index in [1.165, 1.54) is 35.6 Å². The van der Waals surface area contributed by atoms with E-state index in [0.717, 1.165) is 20.9 Å². The van der Waals surface area contributed by atoms with E-state index in [4.69, 9.17) is 0 Å². The summed E-state index contributed by atoms with van der Waals surface area (Å²) >= 11 is 1.46. The predicted molar refractivity (Wildman–Crippen MR) is 144 cm³/mol. The van der Waals surface area contributed by atoms with Crippen LogP contribution in [0.4, 0.5) is 20.6 Å². The number of halogens is 1. The lowest BCUT2D eigenvalue weighted by Gasteiger charge is -2.29. The van der Waals surface area contributed by atoms with Gasteiger partial charge in [-0.05, 0) is 59.7 Å². The van der Waals surface area contributed by atoms with Crippen molar-refractivity contribution in [1.82, 2.24) is 4.90 Å². The Morgan fingerprint density at radius 2 is 1.70 bits per heavy atom. The van der Waals surface area contributed by atoms with E-state index in [1.54, 1.807) is 18.0 Å². The minimum absolute atomic E-state index is 0.0207. The Labute approximate surface area is 218 Å². The summed E-state index contributed by atoms with van der Waals surface area (Å²) in [5.74, 6) is -0.445. The highest BCUT2D eigenvalue weighted by atomic mass is 32.1. The van der Waals surface area contributed by atoms with E-state index in [-0.39, 0.29) is 23.7 Å². The summed E-state index contributed by atoms with van der Waals surface area (Å²) in [4.78, 5) is 28.3. The van der Waals surface area contributed by atoms with Crippen molar-refractivity contribution >= 4 is 34.6 Å². The predicted octanol–water partition coefficient (Wildman–Crippen LogP) is 6.25. The second-order valence-electron chi connectivity index (χ2n) is 9.03. The first-order valence-corrected chi connectivity index (χ1v) is 12.7. The van der Waals surface area contributed by atoms with Crippen molar-refractivity contribution in [1.29, 1.82) is 0 Å². The molecule has 1 aromatic heterocycles. The van der Waals surface area contributed by atoms with Crippen LogP contribution in [0.25, 0.3) is 10.4 Å². The number of carbonyl (C=O) groups excluding carboxylic acids is 2. The first-order valence-electron chi connectivity index (χ1n) is 11.9. The molecule has 0 unspecified atom stereocenters. The van der Waals surface area contributed by atoms with Gasteiger partial charge in [-0.2, -0.15) is 0 Å². The van der Waals surface area contributed by atoms with Gasteiger partial charge in [0.1, 0.15) is 11.9 Å². The molecular weight excluding hydrogens is 489 g/mol. The Hall–Kier alpha value is -4.01. The van der Waals surface area contributed by atoms with Crippen LogP contribution in [0.5, 0.6) is 0 Å². The van der Waals surface area contributed by atoms with Gasteiger partial charge in [-0.1, -0.05) is 42.5 Å². The van der Waals surface area contributed by atoms with E-state index in [0.29, 0.717) is 17.8 Å². The van der Waals surface area contributed by atoms with E-state index < -0.39 is 12.1 Å². The van der Waals surface area contributed by atoms with Crippen molar-refractivity contribution in [3.8, 4) is 10.4 Å². The summed E-state index contributed by atoms with van der Waals surface area (Å²) < 4.78 is 13.1. The quantitative estimate of drug-likeness (QED) is 0.284. The second kappa shape index (κ2) is 10.5. The molecular formula is C29H26FN3O3S. The maximum Gasteiger partial charge on any atom is 0.323 e. The molecule has 0 radical (unpaired) electrons. The van der Waals surface area contributed by atoms with Gasteiger partial charge in [0.2, 0.25) is 5.91 Å². The van der Waals surface area contributed by atoms with E-state index in [1.807, 2.05) is 60.7 Å². The lowest BCUT2D eigenvalue weighted by molar-refractivity contribution is -0.128. The summed E-state index contributed by atoms with van der Waals surface area (Å²) in [7, 11) is 1.75. The van der Waals surface area contributed by atoms with Gasteiger partial charge in [0.25, 0.3) is 0 Å². The molecule has 37 heavy (non-hydrogen) atoms. The van der Waals surface area contributed by atoms with Crippen LogP contribution in [-0.2, 0) is 4.79 Å². The van der Waals surface area contributed by atoms with Crippen molar-refractivity contribution in [2.24, 2.45) is 0 Å². The van der Waals surface area contributed by atoms with E-state index in [2.05, 4.69) is 10.6 Å². The van der Waals surface area contributed by atoms with Gasteiger partial charge in [-0.15, -0.1) is 11.3 Å². The number of benzene rings is 3. The summed E-state index contributed by atoms with van der Waals surface area (Å²) in [5, 5.41) is 16.8. The van der Waals surface area contributed by atoms with Crippen molar-refractivity contribution in [3.63, 3.8) is 0 Å². The number of aliphatic hydroxyl groups is 1. The van der Waals surface area contributed by atoms with Crippen LogP contribution >= 0.6 is 11.3 Å². The number of carbonyl (C=O) groups is 2. The van der Waals surface area contributed by atoms with E-state index >= 15 is 0 Å². The number of amides is 3. The summed E-state index contributed by atoms with van der Waals surface area (Å²) in [6.07, 6.45) is -0.461. The van der Waals surface area contributed by atoms with Gasteiger partial charge in [0.05, 0.1) is 6.04 Å². The molecule has 1 saturated heterocycles. The van der Waals surface area contributed by atoms with Gasteiger partial charge in [-0.3, -0.25) is 4.79 Å². The van der Waals surface area contributed by atoms with Gasteiger partial charge in [0.15, 0.2) is 0 Å². The number of nitrogens with zero attached hydrogens (tertiary/aromatic N) is 1. The largest absolute Gasteiger partial charge is 0.385 e. The van der Waals surface area contributed by atoms with Crippen molar-refractivity contribution in [3.05, 3.63) is 107 Å². The van der Waals surface area contributed by atoms with Crippen LogP contribution in [0.2, 0.25) is 0 Å². The standard InChI is InChI=1S/C29H26FN3O3S/c1-33-26(34)17-23(18-6-3-2-4-7-18)27(33)28(35)25-15-14-24(37-25)19-8-5-9-22(16-19)32-29(36)31-21-12-10-20(30)11-13-21/h2-16,23,27-28,35H,17H2,1H3,(H2,31,32,36)/t23-,27-,28-/m1/s1. The van der Waals surface area contributed by atoms with Gasteiger partial charge in [0, 0.05) is 40.5 Å². The zero-order chi connectivity index (χ0) is 25.9. The molecule has 2 heterocycles. The molecule has 4 aromatic rings. The van der Waals surface area contributed by atoms with Crippen LogP contribution in [0, 0.1) is 5.82 Å². The number of likely N-dealkylation sites (tertiary alicyclic amines) is 1. The molecule has 188 valence electrons. The molecule has 3 aromatic carbocycles. The molecule has 6 nitrogen and oxygen atoms in total. The fourth-order valence-corrected chi connectivity index (χ4v) is 5.78. The lowest BCUT2D eigenvalue weighted by atomic mass is 9.88. The molecule has 3 N–H and O–H groups in total. The topological polar surface area (TPSA) is 81.7 Å². The number of rotatable bonds is 6. The molecule has 5 rings (SSSR count). The first kappa shape index (κ1) is 24.7. The van der Waals surface area contributed by atoms with Crippen LogP contribution in [0.3, 0.4) is 0 Å². The third-order valence-electron chi connectivity index (χ3n) is 6.62. The number of thiophene rings is 1. The number of urea groups is 1. The van der Waals surface area contributed by atoms with Gasteiger partial charge >= 0.3 is 6.03 Å². The third-order valence-corrected chi connectivity index (χ3v) is 7.83. The molecule has 0 spiro atoms. The van der Waals surface area contributed by atoms with Crippen LogP contribution < -0.4 is 10.6 Å². The molecule has 8 heteroatoms. The van der Waals surface area contributed by atoms with Crippen LogP contribution in [0.1, 0.15) is 28.9 Å². The Morgan fingerprint density at radius 3 is 2.46 bits per heavy atom. The fraction of sp³-hybridized carbons (Fsp3) is 0.172. The smallest absolute Gasteiger partial charge is 0.323 e. The zero-order valence-electron chi connectivity index (χ0n) is 20.1. The molecule has 3 amide bonds. The monoisotopic (exact) mass is 515 g/mol. The number of aliphatic hydroxyl groups excluding tert-OH is 1. The third kappa shape index (κ3) is 5.40. The molecule has 1 aliphatic heterocycles. The Bertz CT molecular complexity index is 1410. The van der Waals surface area contributed by atoms with Crippen molar-refractivity contribution in [2.75, 3.05) is 17.7 Å². The maximum absolute atomic E-state index is 13.1. The summed E-state index contributed by atoms with van der Waals surface area (Å²) in [6, 6.07) is 25.8. The minimum Gasteiger partial charge on any atom is -0.385 e. The van der Waals surface area contributed by atoms with Crippen LogP contribution in [0.15, 0.2) is 91.0 Å². The van der Waals surface area contributed by atoms with Crippen molar-refractivity contribution in [2.45, 2.75) is 24.5 Å². The Morgan fingerprint density at radius 1 is 0.973 bits per heavy atom. The highest BCUT2D eigenvalue weighted by Gasteiger charge is 2.43. The second-order valence-corrected chi connectivity index (χ2v) is 10.1. The lowest BCUT2D eigenvalue weighted by Crippen LogP contribution is -2.36. The van der Waals surface area contributed by atoms with Crippen molar-refractivity contribution < 1.29 is 19.1 Å². The average Bonchev–Trinajstić information content (AvgIpc) is 3.51. The molecule has 0 bridgehead atoms. The molecule has 0 aliphatic carbocycles. The summed E-state index contributed by atoms with van der Waals surface area (Å²) in [6.45, 7) is 0. The molecule has 0 saturated carbocycles. The molecule has 1 aliphatic rings. The highest BCUT2D eigenvalue weighted by Crippen LogP contribution is 2.42.